The monoisotopic (exact) mass is 601 g/mol. The van der Waals surface area contributed by atoms with Crippen LogP contribution < -0.4 is 0 Å². The summed E-state index contributed by atoms with van der Waals surface area (Å²) in [5.74, 6) is 0.108. The van der Waals surface area contributed by atoms with Crippen molar-refractivity contribution >= 4 is 52.4 Å². The van der Waals surface area contributed by atoms with Crippen molar-refractivity contribution in [2.75, 3.05) is 5.75 Å². The number of hydrogen-bond acceptors (Lipinski definition) is 4. The smallest absolute Gasteiger partial charge is 0.313 e. The maximum atomic E-state index is 12.0. The molecule has 1 atom stereocenters. The summed E-state index contributed by atoms with van der Waals surface area (Å²) in [5, 5.41) is 22.0. The van der Waals surface area contributed by atoms with E-state index >= 15 is 0 Å². The van der Waals surface area contributed by atoms with Crippen LogP contribution in [0.5, 0.6) is 0 Å². The minimum absolute atomic E-state index is 0.224. The summed E-state index contributed by atoms with van der Waals surface area (Å²) < 4.78 is 0. The Kier molecular flexibility index (Phi) is 10.5. The topological polar surface area (TPSA) is 70.4 Å². The molecule has 3 aromatic carbocycles. The Morgan fingerprint density at radius 2 is 1.74 bits per heavy atom. The van der Waals surface area contributed by atoms with E-state index in [4.69, 9.17) is 16.6 Å². The average Bonchev–Trinajstić information content (AvgIpc) is 2.95. The van der Waals surface area contributed by atoms with Crippen molar-refractivity contribution in [3.63, 3.8) is 0 Å². The molecule has 0 aliphatic heterocycles. The summed E-state index contributed by atoms with van der Waals surface area (Å²) in [6, 6.07) is 26.3. The minimum Gasteiger partial charge on any atom is -0.481 e. The van der Waals surface area contributed by atoms with Crippen molar-refractivity contribution in [2.24, 2.45) is 0 Å². The molecule has 0 saturated heterocycles. The summed E-state index contributed by atoms with van der Waals surface area (Å²) in [6.07, 6.45) is 7.43. The lowest BCUT2D eigenvalue weighted by molar-refractivity contribution is -0.142. The van der Waals surface area contributed by atoms with E-state index in [2.05, 4.69) is 42.5 Å². The zero-order valence-electron chi connectivity index (χ0n) is 24.8. The molecule has 0 saturated carbocycles. The number of rotatable bonds is 13. The number of aryl methyl sites for hydroxylation is 1. The highest BCUT2D eigenvalue weighted by molar-refractivity contribution is 7.99. The number of hydrogen-bond donors (Lipinski definition) is 2. The Labute approximate surface area is 258 Å². The van der Waals surface area contributed by atoms with Crippen LogP contribution in [0.25, 0.3) is 23.1 Å². The summed E-state index contributed by atoms with van der Waals surface area (Å²) >= 11 is 8.07. The van der Waals surface area contributed by atoms with Gasteiger partial charge in [-0.2, -0.15) is 11.8 Å². The van der Waals surface area contributed by atoms with Crippen molar-refractivity contribution in [3.05, 3.63) is 112 Å². The first-order valence-corrected chi connectivity index (χ1v) is 15.9. The number of nitrogens with zero attached hydrogens (tertiary/aromatic N) is 1. The van der Waals surface area contributed by atoms with E-state index in [1.54, 1.807) is 13.8 Å². The van der Waals surface area contributed by atoms with Gasteiger partial charge in [0.15, 0.2) is 0 Å². The highest BCUT2D eigenvalue weighted by Gasteiger charge is 2.31. The predicted molar refractivity (Wildman–Crippen MR) is 178 cm³/mol. The predicted octanol–water partition coefficient (Wildman–Crippen LogP) is 9.38. The van der Waals surface area contributed by atoms with E-state index in [9.17, 15) is 15.0 Å². The van der Waals surface area contributed by atoms with E-state index in [1.165, 1.54) is 5.56 Å². The number of aliphatic carboxylic acids is 1. The van der Waals surface area contributed by atoms with E-state index < -0.39 is 17.0 Å². The highest BCUT2D eigenvalue weighted by Crippen LogP contribution is 2.37. The van der Waals surface area contributed by atoms with Crippen LogP contribution in [0, 0.1) is 0 Å². The minimum atomic E-state index is -0.960. The number of fused-ring (bicyclic) bond motifs is 1. The second-order valence-corrected chi connectivity index (χ2v) is 13.7. The molecule has 42 heavy (non-hydrogen) atoms. The summed E-state index contributed by atoms with van der Waals surface area (Å²) in [6.45, 7) is 7.24. The molecule has 0 radical (unpaired) electrons. The molecule has 2 N–H and O–H groups in total. The largest absolute Gasteiger partial charge is 0.481 e. The lowest BCUT2D eigenvalue weighted by Gasteiger charge is -2.25. The fourth-order valence-corrected chi connectivity index (χ4v) is 6.46. The standard InChI is InChI=1S/C36H40ClNO3S/c1-35(2,41)21-8-22-42-33(20-16-26-10-5-6-12-31(26)36(3,4)34(39)40)28-11-7-9-25(23-28)13-18-30-19-15-27-14-17-29(37)24-32(27)38-30/h5-7,9-15,17-19,23-24,33,41H,8,16,20-22H2,1-4H3,(H,39,40)/b18-13+. The van der Waals surface area contributed by atoms with Gasteiger partial charge in [-0.1, -0.05) is 78.3 Å². The molecule has 1 unspecified atom stereocenters. The third kappa shape index (κ3) is 8.70. The highest BCUT2D eigenvalue weighted by atomic mass is 35.5. The molecule has 4 aromatic rings. The molecule has 0 aliphatic rings. The van der Waals surface area contributed by atoms with Gasteiger partial charge in [0.05, 0.1) is 22.2 Å². The Bertz CT molecular complexity index is 1560. The summed E-state index contributed by atoms with van der Waals surface area (Å²) in [7, 11) is 0. The zero-order valence-corrected chi connectivity index (χ0v) is 26.4. The SMILES string of the molecule is CC(C)(O)CCCSC(CCc1ccccc1C(C)(C)C(=O)O)c1cccc(/C=C/c2ccc3ccc(Cl)cc3n2)c1. The van der Waals surface area contributed by atoms with Crippen LogP contribution in [0.1, 0.15) is 80.2 Å². The molecule has 0 amide bonds. The maximum Gasteiger partial charge on any atom is 0.313 e. The van der Waals surface area contributed by atoms with Crippen molar-refractivity contribution in [3.8, 4) is 0 Å². The number of carbonyl (C=O) groups is 1. The normalized spacial score (nSPS) is 13.1. The summed E-state index contributed by atoms with van der Waals surface area (Å²) in [5.41, 5.74) is 4.36. The van der Waals surface area contributed by atoms with Gasteiger partial charge in [0.25, 0.3) is 0 Å². The van der Waals surface area contributed by atoms with E-state index in [-0.39, 0.29) is 5.25 Å². The second kappa shape index (κ2) is 13.9. The molecule has 0 spiro atoms. The molecule has 1 aromatic heterocycles. The molecule has 220 valence electrons. The molecule has 4 nitrogen and oxygen atoms in total. The molecular formula is C36H40ClNO3S. The lowest BCUT2D eigenvalue weighted by Crippen LogP contribution is -2.29. The number of aliphatic hydroxyl groups is 1. The Morgan fingerprint density at radius 3 is 2.50 bits per heavy atom. The van der Waals surface area contributed by atoms with Gasteiger partial charge in [0.2, 0.25) is 0 Å². The number of thioether (sulfide) groups is 1. The van der Waals surface area contributed by atoms with Crippen molar-refractivity contribution in [1.29, 1.82) is 0 Å². The Morgan fingerprint density at radius 1 is 0.976 bits per heavy atom. The third-order valence-corrected chi connectivity index (χ3v) is 9.23. The number of pyridine rings is 1. The van der Waals surface area contributed by atoms with Crippen LogP contribution in [0.15, 0.2) is 78.9 Å². The number of carboxylic acids is 1. The van der Waals surface area contributed by atoms with Crippen LogP contribution in [0.3, 0.4) is 0 Å². The van der Waals surface area contributed by atoms with Gasteiger partial charge in [-0.15, -0.1) is 0 Å². The maximum absolute atomic E-state index is 12.0. The molecule has 0 bridgehead atoms. The molecule has 6 heteroatoms. The van der Waals surface area contributed by atoms with Crippen molar-refractivity contribution in [2.45, 2.75) is 69.6 Å². The third-order valence-electron chi connectivity index (χ3n) is 7.56. The van der Waals surface area contributed by atoms with Crippen LogP contribution >= 0.6 is 23.4 Å². The van der Waals surface area contributed by atoms with Crippen LogP contribution in [-0.4, -0.2) is 32.5 Å². The Hall–Kier alpha value is -3.12. The second-order valence-electron chi connectivity index (χ2n) is 12.0. The molecular weight excluding hydrogens is 562 g/mol. The molecule has 0 aliphatic carbocycles. The van der Waals surface area contributed by atoms with Gasteiger partial charge < -0.3 is 10.2 Å². The number of carboxylic acid groups (broad SMARTS) is 1. The molecule has 1 heterocycles. The summed E-state index contributed by atoms with van der Waals surface area (Å²) in [4.78, 5) is 16.8. The fraction of sp³-hybridized carbons (Fsp3) is 0.333. The number of benzene rings is 3. The number of aromatic nitrogens is 1. The quantitative estimate of drug-likeness (QED) is 0.149. The van der Waals surface area contributed by atoms with Crippen LogP contribution in [-0.2, 0) is 16.6 Å². The van der Waals surface area contributed by atoms with Gasteiger partial charge in [-0.25, -0.2) is 4.98 Å². The van der Waals surface area contributed by atoms with Gasteiger partial charge in [-0.05, 0) is 106 Å². The molecule has 0 fully saturated rings. The lowest BCUT2D eigenvalue weighted by atomic mass is 9.80. The Balaban J connectivity index is 1.55. The average molecular weight is 602 g/mol. The fourth-order valence-electron chi connectivity index (χ4n) is 5.07. The molecule has 4 rings (SSSR count). The first-order chi connectivity index (χ1) is 19.9. The van der Waals surface area contributed by atoms with Crippen LogP contribution in [0.2, 0.25) is 5.02 Å². The van der Waals surface area contributed by atoms with E-state index in [0.717, 1.165) is 64.7 Å². The first kappa shape index (κ1) is 31.8. The van der Waals surface area contributed by atoms with Gasteiger partial charge in [-0.3, -0.25) is 4.79 Å². The van der Waals surface area contributed by atoms with Gasteiger partial charge in [0, 0.05) is 15.7 Å². The van der Waals surface area contributed by atoms with Gasteiger partial charge >= 0.3 is 5.97 Å². The van der Waals surface area contributed by atoms with Crippen LogP contribution in [0.4, 0.5) is 0 Å². The zero-order chi connectivity index (χ0) is 30.3. The van der Waals surface area contributed by atoms with Crippen molar-refractivity contribution in [1.82, 2.24) is 4.98 Å². The first-order valence-electron chi connectivity index (χ1n) is 14.4. The van der Waals surface area contributed by atoms with E-state index in [1.807, 2.05) is 74.1 Å². The van der Waals surface area contributed by atoms with E-state index in [0.29, 0.717) is 5.02 Å². The van der Waals surface area contributed by atoms with Crippen molar-refractivity contribution < 1.29 is 15.0 Å². The number of halogens is 1. The van der Waals surface area contributed by atoms with Gasteiger partial charge in [0.1, 0.15) is 0 Å².